The highest BCUT2D eigenvalue weighted by Crippen LogP contribution is 2.42. The molecule has 0 spiro atoms. The number of hydrogen-bond donors (Lipinski definition) is 0. The van der Waals surface area contributed by atoms with Gasteiger partial charge in [-0.1, -0.05) is 68.1 Å². The third kappa shape index (κ3) is 5.63. The first kappa shape index (κ1) is 22.6. The van der Waals surface area contributed by atoms with E-state index in [4.69, 9.17) is 0 Å². The molecule has 2 aromatic rings. The first-order valence-electron chi connectivity index (χ1n) is 12.1. The van der Waals surface area contributed by atoms with Gasteiger partial charge in [-0.3, -0.25) is 4.39 Å². The minimum absolute atomic E-state index is 0.175. The fraction of sp³-hybridized carbons (Fsp3) is 0.556. The molecule has 4 heteroatoms. The summed E-state index contributed by atoms with van der Waals surface area (Å²) in [5.41, 5.74) is 4.62. The largest absolute Gasteiger partial charge is 0.251 e. The van der Waals surface area contributed by atoms with Crippen LogP contribution in [0.2, 0.25) is 18.1 Å². The van der Waals surface area contributed by atoms with Gasteiger partial charge in [0.05, 0.1) is 6.67 Å². The molecular formula is C27H34F3Si. The second-order valence-corrected chi connectivity index (χ2v) is 12.5. The van der Waals surface area contributed by atoms with E-state index in [1.165, 1.54) is 86.3 Å². The molecule has 0 atom stereocenters. The molecule has 0 unspecified atom stereocenters. The molecule has 1 heterocycles. The van der Waals surface area contributed by atoms with Gasteiger partial charge in [0.1, 0.15) is 0 Å². The molecule has 1 radical (unpaired) electrons. The molecule has 2 aliphatic rings. The van der Waals surface area contributed by atoms with Gasteiger partial charge in [-0.05, 0) is 78.3 Å². The predicted molar refractivity (Wildman–Crippen MR) is 125 cm³/mol. The van der Waals surface area contributed by atoms with Crippen LogP contribution in [0.3, 0.4) is 0 Å². The van der Waals surface area contributed by atoms with Crippen molar-refractivity contribution < 1.29 is 13.2 Å². The number of alkyl halides is 1. The average Bonchev–Trinajstić information content (AvgIpc) is 2.82. The van der Waals surface area contributed by atoms with Crippen LogP contribution in [0.5, 0.6) is 0 Å². The molecule has 1 aliphatic heterocycles. The summed E-state index contributed by atoms with van der Waals surface area (Å²) in [6.45, 7) is -0.175. The molecule has 0 aromatic heterocycles. The normalized spacial score (nSPS) is 19.1. The van der Waals surface area contributed by atoms with E-state index >= 15 is 0 Å². The molecule has 2 fully saturated rings. The van der Waals surface area contributed by atoms with Crippen molar-refractivity contribution in [3.8, 4) is 11.1 Å². The topological polar surface area (TPSA) is 0 Å². The minimum atomic E-state index is -0.786. The number of hydrogen-bond acceptors (Lipinski definition) is 0. The van der Waals surface area contributed by atoms with Gasteiger partial charge in [0.2, 0.25) is 0 Å². The fourth-order valence-electron chi connectivity index (χ4n) is 5.59. The van der Waals surface area contributed by atoms with Crippen LogP contribution < -0.4 is 0 Å². The molecule has 2 aromatic carbocycles. The second-order valence-electron chi connectivity index (χ2n) is 9.48. The summed E-state index contributed by atoms with van der Waals surface area (Å²) in [6, 6.07) is 15.0. The van der Waals surface area contributed by atoms with Crippen molar-refractivity contribution in [3.63, 3.8) is 0 Å². The molecule has 4 rings (SSSR count). The summed E-state index contributed by atoms with van der Waals surface area (Å²) < 4.78 is 39.9. The molecule has 167 valence electrons. The second kappa shape index (κ2) is 10.8. The highest BCUT2D eigenvalue weighted by Gasteiger charge is 2.26. The van der Waals surface area contributed by atoms with E-state index in [2.05, 4.69) is 18.2 Å². The van der Waals surface area contributed by atoms with Crippen LogP contribution in [-0.2, 0) is 0 Å². The molecular weight excluding hydrogens is 409 g/mol. The maximum Gasteiger partial charge on any atom is 0.159 e. The first-order chi connectivity index (χ1) is 15.2. The summed E-state index contributed by atoms with van der Waals surface area (Å²) in [6.07, 6.45) is 10.5. The lowest BCUT2D eigenvalue weighted by molar-refractivity contribution is 0.443. The van der Waals surface area contributed by atoms with E-state index in [-0.39, 0.29) is 15.5 Å². The number of halogens is 3. The standard InChI is InChI=1S/C27H34F3Si/c28-14-4-5-15-31-16-12-20(13-17-31)22-8-10-24(23-9-11-26(29)27(30)19-23)25(18-22)21-6-2-1-3-7-21/h8-11,18-21H,1-7,12-17H2. The van der Waals surface area contributed by atoms with Crippen molar-refractivity contribution in [2.45, 2.75) is 87.8 Å². The zero-order chi connectivity index (χ0) is 21.6. The van der Waals surface area contributed by atoms with Gasteiger partial charge in [0, 0.05) is 8.80 Å². The molecule has 31 heavy (non-hydrogen) atoms. The van der Waals surface area contributed by atoms with Crippen molar-refractivity contribution in [2.75, 3.05) is 6.67 Å². The van der Waals surface area contributed by atoms with E-state index < -0.39 is 11.6 Å². The quantitative estimate of drug-likeness (QED) is 0.296. The monoisotopic (exact) mass is 443 g/mol. The summed E-state index contributed by atoms with van der Waals surface area (Å²) in [5, 5.41) is 0. The highest BCUT2D eigenvalue weighted by molar-refractivity contribution is 6.59. The number of benzene rings is 2. The highest BCUT2D eigenvalue weighted by atomic mass is 28.3. The third-order valence-electron chi connectivity index (χ3n) is 7.43. The Morgan fingerprint density at radius 1 is 0.774 bits per heavy atom. The lowest BCUT2D eigenvalue weighted by Crippen LogP contribution is -2.20. The van der Waals surface area contributed by atoms with Crippen molar-refractivity contribution >= 4 is 8.80 Å². The van der Waals surface area contributed by atoms with E-state index in [0.717, 1.165) is 24.0 Å². The van der Waals surface area contributed by atoms with Crippen LogP contribution in [0.25, 0.3) is 11.1 Å². The lowest BCUT2D eigenvalue weighted by atomic mass is 9.79. The molecule has 0 amide bonds. The van der Waals surface area contributed by atoms with Crippen LogP contribution in [0.4, 0.5) is 13.2 Å². The fourth-order valence-corrected chi connectivity index (χ4v) is 8.61. The zero-order valence-corrected chi connectivity index (χ0v) is 19.4. The van der Waals surface area contributed by atoms with Crippen LogP contribution >= 0.6 is 0 Å². The Morgan fingerprint density at radius 2 is 1.55 bits per heavy atom. The van der Waals surface area contributed by atoms with Crippen LogP contribution in [0.15, 0.2) is 36.4 Å². The zero-order valence-electron chi connectivity index (χ0n) is 18.4. The molecule has 0 N–H and O–H groups in total. The van der Waals surface area contributed by atoms with Gasteiger partial charge in [0.15, 0.2) is 11.6 Å². The first-order valence-corrected chi connectivity index (χ1v) is 14.3. The van der Waals surface area contributed by atoms with Crippen molar-refractivity contribution in [3.05, 3.63) is 59.2 Å². The third-order valence-corrected chi connectivity index (χ3v) is 10.5. The van der Waals surface area contributed by atoms with Crippen molar-refractivity contribution in [1.29, 1.82) is 0 Å². The van der Waals surface area contributed by atoms with Gasteiger partial charge < -0.3 is 0 Å². The maximum absolute atomic E-state index is 14.0. The Kier molecular flexibility index (Phi) is 7.92. The van der Waals surface area contributed by atoms with Crippen molar-refractivity contribution in [2.24, 2.45) is 0 Å². The predicted octanol–water partition coefficient (Wildman–Crippen LogP) is 8.80. The number of rotatable bonds is 7. The lowest BCUT2D eigenvalue weighted by Gasteiger charge is -2.30. The Bertz CT molecular complexity index is 852. The SMILES string of the molecule is FCCCC[Si]1CCC(c2ccc(-c3ccc(F)c(F)c3)c(C3CCCCC3)c2)CC1. The summed E-state index contributed by atoms with van der Waals surface area (Å²) >= 11 is 0. The molecule has 1 aliphatic carbocycles. The Balaban J connectivity index is 1.55. The Labute approximate surface area is 186 Å². The Hall–Kier alpha value is -1.55. The molecule has 1 saturated carbocycles. The average molecular weight is 444 g/mol. The van der Waals surface area contributed by atoms with Gasteiger partial charge in [-0.2, -0.15) is 0 Å². The van der Waals surface area contributed by atoms with Gasteiger partial charge in [-0.25, -0.2) is 8.78 Å². The molecule has 1 saturated heterocycles. The molecule has 0 nitrogen and oxygen atoms in total. The maximum atomic E-state index is 14.0. The summed E-state index contributed by atoms with van der Waals surface area (Å²) in [5.74, 6) is -0.436. The van der Waals surface area contributed by atoms with E-state index in [1.807, 2.05) is 0 Å². The number of unbranched alkanes of at least 4 members (excludes halogenated alkanes) is 1. The summed E-state index contributed by atoms with van der Waals surface area (Å²) in [4.78, 5) is 0. The van der Waals surface area contributed by atoms with Gasteiger partial charge in [-0.15, -0.1) is 0 Å². The van der Waals surface area contributed by atoms with Crippen LogP contribution in [0.1, 0.15) is 80.8 Å². The molecule has 0 bridgehead atoms. The smallest absolute Gasteiger partial charge is 0.159 e. The van der Waals surface area contributed by atoms with Crippen molar-refractivity contribution in [1.82, 2.24) is 0 Å². The Morgan fingerprint density at radius 3 is 2.26 bits per heavy atom. The van der Waals surface area contributed by atoms with Gasteiger partial charge in [0.25, 0.3) is 0 Å². The summed E-state index contributed by atoms with van der Waals surface area (Å²) in [7, 11) is -0.293. The van der Waals surface area contributed by atoms with E-state index in [9.17, 15) is 13.2 Å². The van der Waals surface area contributed by atoms with E-state index in [1.54, 1.807) is 6.07 Å². The van der Waals surface area contributed by atoms with Gasteiger partial charge >= 0.3 is 0 Å². The van der Waals surface area contributed by atoms with Crippen LogP contribution in [-0.4, -0.2) is 15.5 Å². The van der Waals surface area contributed by atoms with Crippen LogP contribution in [0, 0.1) is 11.6 Å². The minimum Gasteiger partial charge on any atom is -0.251 e. The van der Waals surface area contributed by atoms with E-state index in [0.29, 0.717) is 11.8 Å².